The van der Waals surface area contributed by atoms with E-state index < -0.39 is 5.97 Å². The van der Waals surface area contributed by atoms with Crippen molar-refractivity contribution in [1.29, 1.82) is 0 Å². The average molecular weight is 230 g/mol. The number of carbonyl (C=O) groups excluding carboxylic acids is 2. The van der Waals surface area contributed by atoms with Crippen LogP contribution >= 0.6 is 0 Å². The molecule has 0 aliphatic rings. The zero-order valence-corrected chi connectivity index (χ0v) is 10.7. The molecule has 94 valence electrons. The van der Waals surface area contributed by atoms with Crippen LogP contribution in [-0.4, -0.2) is 50.1 Å². The Morgan fingerprint density at radius 1 is 1.31 bits per heavy atom. The van der Waals surface area contributed by atoms with E-state index in [2.05, 4.69) is 10.1 Å². The number of carbonyl (C=O) groups is 2. The van der Waals surface area contributed by atoms with Crippen molar-refractivity contribution < 1.29 is 14.3 Å². The second-order valence-corrected chi connectivity index (χ2v) is 4.09. The lowest BCUT2D eigenvalue weighted by Crippen LogP contribution is -2.45. The van der Waals surface area contributed by atoms with Gasteiger partial charge in [-0.05, 0) is 20.9 Å². The Balaban J connectivity index is 4.52. The molecule has 16 heavy (non-hydrogen) atoms. The first-order valence-electron chi connectivity index (χ1n) is 5.45. The van der Waals surface area contributed by atoms with E-state index >= 15 is 0 Å². The van der Waals surface area contributed by atoms with Gasteiger partial charge in [0.1, 0.15) is 6.54 Å². The highest BCUT2D eigenvalue weighted by Crippen LogP contribution is 2.06. The van der Waals surface area contributed by atoms with Crippen molar-refractivity contribution in [3.05, 3.63) is 0 Å². The number of hydrogen-bond donors (Lipinski definition) is 1. The average Bonchev–Trinajstić information content (AvgIpc) is 2.24. The monoisotopic (exact) mass is 230 g/mol. The number of nitrogens with one attached hydrogen (secondary N) is 1. The number of nitrogens with zero attached hydrogens (tertiary/aromatic N) is 1. The fraction of sp³-hybridized carbons (Fsp3) is 0.818. The molecule has 1 N–H and O–H groups in total. The van der Waals surface area contributed by atoms with Gasteiger partial charge < -0.3 is 15.0 Å². The maximum atomic E-state index is 12.0. The number of hydrogen-bond acceptors (Lipinski definition) is 4. The van der Waals surface area contributed by atoms with Crippen LogP contribution in [0.4, 0.5) is 0 Å². The summed E-state index contributed by atoms with van der Waals surface area (Å²) in [5, 5.41) is 2.95. The standard InChI is InChI=1S/C11H22N2O3/c1-8(2)13(7-10(14)16-5)11(15)9(3)6-12-4/h8-9,12H,6-7H2,1-5H3. The van der Waals surface area contributed by atoms with Gasteiger partial charge in [-0.15, -0.1) is 0 Å². The SMILES string of the molecule is CNCC(C)C(=O)N(CC(=O)OC)C(C)C. The molecule has 0 aliphatic heterocycles. The Hall–Kier alpha value is -1.10. The first-order valence-corrected chi connectivity index (χ1v) is 5.45. The molecular weight excluding hydrogens is 208 g/mol. The van der Waals surface area contributed by atoms with Crippen molar-refractivity contribution in [2.45, 2.75) is 26.8 Å². The summed E-state index contributed by atoms with van der Waals surface area (Å²) in [7, 11) is 3.12. The minimum Gasteiger partial charge on any atom is -0.468 e. The van der Waals surface area contributed by atoms with Crippen LogP contribution in [0.5, 0.6) is 0 Å². The fourth-order valence-electron chi connectivity index (χ4n) is 1.40. The number of ether oxygens (including phenoxy) is 1. The lowest BCUT2D eigenvalue weighted by atomic mass is 10.1. The van der Waals surface area contributed by atoms with Gasteiger partial charge in [0.15, 0.2) is 0 Å². The maximum absolute atomic E-state index is 12.0. The third-order valence-electron chi connectivity index (χ3n) is 2.37. The Morgan fingerprint density at radius 3 is 2.25 bits per heavy atom. The first-order chi connectivity index (χ1) is 7.43. The second kappa shape index (κ2) is 7.22. The Kier molecular flexibility index (Phi) is 6.72. The third-order valence-corrected chi connectivity index (χ3v) is 2.37. The van der Waals surface area contributed by atoms with Gasteiger partial charge in [0.25, 0.3) is 0 Å². The topological polar surface area (TPSA) is 58.6 Å². The smallest absolute Gasteiger partial charge is 0.325 e. The van der Waals surface area contributed by atoms with Gasteiger partial charge in [-0.25, -0.2) is 0 Å². The number of methoxy groups -OCH3 is 1. The summed E-state index contributed by atoms with van der Waals surface area (Å²) >= 11 is 0. The fourth-order valence-corrected chi connectivity index (χ4v) is 1.40. The lowest BCUT2D eigenvalue weighted by Gasteiger charge is -2.28. The predicted molar refractivity (Wildman–Crippen MR) is 62.0 cm³/mol. The molecule has 0 aliphatic carbocycles. The van der Waals surface area contributed by atoms with Crippen LogP contribution in [0.2, 0.25) is 0 Å². The number of amides is 1. The quantitative estimate of drug-likeness (QED) is 0.665. The lowest BCUT2D eigenvalue weighted by molar-refractivity contribution is -0.149. The van der Waals surface area contributed by atoms with E-state index in [4.69, 9.17) is 0 Å². The van der Waals surface area contributed by atoms with E-state index in [1.54, 1.807) is 7.05 Å². The minimum atomic E-state index is -0.390. The van der Waals surface area contributed by atoms with Gasteiger partial charge in [-0.3, -0.25) is 9.59 Å². The van der Waals surface area contributed by atoms with E-state index in [1.165, 1.54) is 12.0 Å². The molecule has 0 heterocycles. The van der Waals surface area contributed by atoms with Crippen molar-refractivity contribution in [1.82, 2.24) is 10.2 Å². The van der Waals surface area contributed by atoms with Crippen molar-refractivity contribution in [2.75, 3.05) is 27.2 Å². The van der Waals surface area contributed by atoms with Crippen LogP contribution in [0.3, 0.4) is 0 Å². The van der Waals surface area contributed by atoms with Crippen molar-refractivity contribution in [3.63, 3.8) is 0 Å². The van der Waals surface area contributed by atoms with Crippen molar-refractivity contribution >= 4 is 11.9 Å². The summed E-state index contributed by atoms with van der Waals surface area (Å²) in [5.74, 6) is -0.564. The predicted octanol–water partition coefficient (Wildman–Crippen LogP) is 0.252. The summed E-state index contributed by atoms with van der Waals surface area (Å²) in [4.78, 5) is 24.7. The molecule has 0 spiro atoms. The highest BCUT2D eigenvalue weighted by atomic mass is 16.5. The Morgan fingerprint density at radius 2 is 1.88 bits per heavy atom. The minimum absolute atomic E-state index is 0.00842. The molecule has 1 atom stereocenters. The summed E-state index contributed by atoms with van der Waals surface area (Å²) < 4.78 is 4.57. The van der Waals surface area contributed by atoms with E-state index in [-0.39, 0.29) is 24.4 Å². The Labute approximate surface area is 97.1 Å². The van der Waals surface area contributed by atoms with Gasteiger partial charge in [-0.1, -0.05) is 6.92 Å². The molecule has 1 unspecified atom stereocenters. The van der Waals surface area contributed by atoms with Crippen LogP contribution in [0.15, 0.2) is 0 Å². The summed E-state index contributed by atoms with van der Waals surface area (Å²) in [6.07, 6.45) is 0. The van der Waals surface area contributed by atoms with Crippen LogP contribution in [0.1, 0.15) is 20.8 Å². The number of esters is 1. The first kappa shape index (κ1) is 14.9. The normalized spacial score (nSPS) is 12.4. The molecule has 0 aromatic heterocycles. The van der Waals surface area contributed by atoms with Gasteiger partial charge in [0.2, 0.25) is 5.91 Å². The highest BCUT2D eigenvalue weighted by Gasteiger charge is 2.24. The van der Waals surface area contributed by atoms with Crippen LogP contribution in [0, 0.1) is 5.92 Å². The maximum Gasteiger partial charge on any atom is 0.325 e. The number of rotatable bonds is 6. The van der Waals surface area contributed by atoms with Crippen LogP contribution in [0.25, 0.3) is 0 Å². The highest BCUT2D eigenvalue weighted by molar-refractivity contribution is 5.83. The Bertz CT molecular complexity index is 241. The molecule has 0 saturated heterocycles. The largest absolute Gasteiger partial charge is 0.468 e. The van der Waals surface area contributed by atoms with Gasteiger partial charge in [0.05, 0.1) is 7.11 Å². The molecule has 0 radical (unpaired) electrons. The molecule has 0 rings (SSSR count). The molecule has 0 bridgehead atoms. The van der Waals surface area contributed by atoms with Gasteiger partial charge in [0, 0.05) is 18.5 Å². The van der Waals surface area contributed by atoms with E-state index in [0.717, 1.165) is 0 Å². The van der Waals surface area contributed by atoms with Crippen LogP contribution in [-0.2, 0) is 14.3 Å². The molecule has 5 heteroatoms. The van der Waals surface area contributed by atoms with E-state index in [0.29, 0.717) is 6.54 Å². The summed E-state index contributed by atoms with van der Waals surface area (Å²) in [6, 6.07) is -0.00842. The van der Waals surface area contributed by atoms with Crippen molar-refractivity contribution in [3.8, 4) is 0 Å². The molecule has 5 nitrogen and oxygen atoms in total. The van der Waals surface area contributed by atoms with E-state index in [9.17, 15) is 9.59 Å². The van der Waals surface area contributed by atoms with Gasteiger partial charge in [-0.2, -0.15) is 0 Å². The molecule has 0 aromatic carbocycles. The summed E-state index contributed by atoms with van der Waals surface area (Å²) in [5.41, 5.74) is 0. The van der Waals surface area contributed by atoms with Crippen LogP contribution < -0.4 is 5.32 Å². The second-order valence-electron chi connectivity index (χ2n) is 4.09. The van der Waals surface area contributed by atoms with E-state index in [1.807, 2.05) is 20.8 Å². The molecule has 0 fully saturated rings. The third kappa shape index (κ3) is 4.61. The van der Waals surface area contributed by atoms with Crippen molar-refractivity contribution in [2.24, 2.45) is 5.92 Å². The molecular formula is C11H22N2O3. The summed E-state index contributed by atoms with van der Waals surface area (Å²) in [6.45, 7) is 6.22. The zero-order chi connectivity index (χ0) is 12.7. The zero-order valence-electron chi connectivity index (χ0n) is 10.7. The molecule has 1 amide bonds. The molecule has 0 aromatic rings. The molecule has 0 saturated carbocycles. The van der Waals surface area contributed by atoms with Gasteiger partial charge >= 0.3 is 5.97 Å².